The molecule has 3 rings (SSSR count). The average Bonchev–Trinajstić information content (AvgIpc) is 3.03. The lowest BCUT2D eigenvalue weighted by molar-refractivity contribution is -0.384. The molecule has 0 bridgehead atoms. The van der Waals surface area contributed by atoms with Gasteiger partial charge < -0.3 is 4.74 Å². The van der Waals surface area contributed by atoms with Gasteiger partial charge in [0.15, 0.2) is 0 Å². The Labute approximate surface area is 131 Å². The number of thiazole rings is 1. The third-order valence-corrected chi connectivity index (χ3v) is 3.85. The van der Waals surface area contributed by atoms with Gasteiger partial charge in [0.2, 0.25) is 0 Å². The van der Waals surface area contributed by atoms with Crippen LogP contribution in [0.3, 0.4) is 0 Å². The van der Waals surface area contributed by atoms with Crippen molar-refractivity contribution in [2.24, 2.45) is 0 Å². The van der Waals surface area contributed by atoms with E-state index in [1.54, 1.807) is 12.1 Å². The summed E-state index contributed by atoms with van der Waals surface area (Å²) in [7, 11) is 0. The van der Waals surface area contributed by atoms with E-state index in [1.165, 1.54) is 23.5 Å². The first-order valence-corrected chi connectivity index (χ1v) is 7.47. The second-order valence-corrected chi connectivity index (χ2v) is 5.47. The molecule has 6 heteroatoms. The van der Waals surface area contributed by atoms with E-state index in [9.17, 15) is 10.1 Å². The zero-order chi connectivity index (χ0) is 15.4. The first-order chi connectivity index (χ1) is 10.7. The van der Waals surface area contributed by atoms with E-state index in [4.69, 9.17) is 4.74 Å². The van der Waals surface area contributed by atoms with Gasteiger partial charge in [-0.25, -0.2) is 4.98 Å². The Hall–Kier alpha value is -2.73. The van der Waals surface area contributed by atoms with Gasteiger partial charge in [-0.15, -0.1) is 11.3 Å². The number of nitro groups is 1. The SMILES string of the molecule is O=[N+]([O-])c1ccc(-c2csc(COc3ccccc3)n2)cc1. The molecular weight excluding hydrogens is 300 g/mol. The molecule has 1 heterocycles. The van der Waals surface area contributed by atoms with E-state index in [0.29, 0.717) is 6.61 Å². The quantitative estimate of drug-likeness (QED) is 0.520. The van der Waals surface area contributed by atoms with Crippen molar-refractivity contribution >= 4 is 17.0 Å². The van der Waals surface area contributed by atoms with Crippen LogP contribution in [0.4, 0.5) is 5.69 Å². The molecule has 0 amide bonds. The van der Waals surface area contributed by atoms with E-state index in [0.717, 1.165) is 22.0 Å². The first kappa shape index (κ1) is 14.2. The van der Waals surface area contributed by atoms with Crippen LogP contribution < -0.4 is 4.74 Å². The minimum Gasteiger partial charge on any atom is -0.486 e. The van der Waals surface area contributed by atoms with Crippen LogP contribution in [0.1, 0.15) is 5.01 Å². The fourth-order valence-corrected chi connectivity index (χ4v) is 2.64. The van der Waals surface area contributed by atoms with E-state index in [1.807, 2.05) is 35.7 Å². The Balaban J connectivity index is 1.69. The van der Waals surface area contributed by atoms with Crippen LogP contribution in [0.2, 0.25) is 0 Å². The smallest absolute Gasteiger partial charge is 0.269 e. The van der Waals surface area contributed by atoms with Crippen LogP contribution in [-0.2, 0) is 6.61 Å². The van der Waals surface area contributed by atoms with Crippen molar-refractivity contribution in [3.8, 4) is 17.0 Å². The largest absolute Gasteiger partial charge is 0.486 e. The van der Waals surface area contributed by atoms with E-state index < -0.39 is 4.92 Å². The third kappa shape index (κ3) is 3.29. The molecule has 0 unspecified atom stereocenters. The van der Waals surface area contributed by atoms with Crippen LogP contribution in [0, 0.1) is 10.1 Å². The summed E-state index contributed by atoms with van der Waals surface area (Å²) in [5, 5.41) is 13.4. The zero-order valence-corrected chi connectivity index (χ0v) is 12.3. The predicted octanol–water partition coefficient (Wildman–Crippen LogP) is 4.30. The molecule has 0 spiro atoms. The molecule has 0 aliphatic carbocycles. The van der Waals surface area contributed by atoms with Crippen LogP contribution in [-0.4, -0.2) is 9.91 Å². The third-order valence-electron chi connectivity index (χ3n) is 3.03. The number of nitro benzene ring substituents is 1. The molecule has 2 aromatic carbocycles. The van der Waals surface area contributed by atoms with Crippen LogP contribution in [0.15, 0.2) is 60.0 Å². The van der Waals surface area contributed by atoms with Crippen LogP contribution >= 0.6 is 11.3 Å². The van der Waals surface area contributed by atoms with Gasteiger partial charge in [0.25, 0.3) is 5.69 Å². The van der Waals surface area contributed by atoms with Gasteiger partial charge in [-0.3, -0.25) is 10.1 Å². The van der Waals surface area contributed by atoms with Gasteiger partial charge in [-0.05, 0) is 24.3 Å². The maximum absolute atomic E-state index is 10.6. The number of hydrogen-bond acceptors (Lipinski definition) is 5. The standard InChI is InChI=1S/C16H12N2O3S/c19-18(20)13-8-6-12(7-9-13)15-11-22-16(17-15)10-21-14-4-2-1-3-5-14/h1-9,11H,10H2. The molecule has 110 valence electrons. The summed E-state index contributed by atoms with van der Waals surface area (Å²) in [5.41, 5.74) is 1.73. The van der Waals surface area contributed by atoms with Gasteiger partial charge in [0.1, 0.15) is 17.4 Å². The topological polar surface area (TPSA) is 65.3 Å². The second kappa shape index (κ2) is 6.36. The van der Waals surface area contributed by atoms with Gasteiger partial charge in [0, 0.05) is 23.1 Å². The van der Waals surface area contributed by atoms with E-state index in [-0.39, 0.29) is 5.69 Å². The van der Waals surface area contributed by atoms with Gasteiger partial charge in [0.05, 0.1) is 10.6 Å². The van der Waals surface area contributed by atoms with Crippen molar-refractivity contribution in [3.63, 3.8) is 0 Å². The highest BCUT2D eigenvalue weighted by Crippen LogP contribution is 2.24. The molecule has 0 aliphatic heterocycles. The molecule has 5 nitrogen and oxygen atoms in total. The molecule has 0 saturated heterocycles. The zero-order valence-electron chi connectivity index (χ0n) is 11.5. The highest BCUT2D eigenvalue weighted by Gasteiger charge is 2.08. The highest BCUT2D eigenvalue weighted by atomic mass is 32.1. The summed E-state index contributed by atoms with van der Waals surface area (Å²) in [6.45, 7) is 0.404. The Morgan fingerprint density at radius 2 is 1.82 bits per heavy atom. The molecule has 1 aromatic heterocycles. The van der Waals surface area contributed by atoms with Crippen molar-refractivity contribution in [2.75, 3.05) is 0 Å². The lowest BCUT2D eigenvalue weighted by Crippen LogP contribution is -1.94. The molecule has 3 aromatic rings. The van der Waals surface area contributed by atoms with Gasteiger partial charge in [-0.2, -0.15) is 0 Å². The molecule has 22 heavy (non-hydrogen) atoms. The number of aromatic nitrogens is 1. The van der Waals surface area contributed by atoms with Crippen molar-refractivity contribution in [1.29, 1.82) is 0 Å². The fraction of sp³-hybridized carbons (Fsp3) is 0.0625. The van der Waals surface area contributed by atoms with Crippen molar-refractivity contribution < 1.29 is 9.66 Å². The molecular formula is C16H12N2O3S. The van der Waals surface area contributed by atoms with Crippen molar-refractivity contribution in [3.05, 3.63) is 75.1 Å². The van der Waals surface area contributed by atoms with E-state index in [2.05, 4.69) is 4.98 Å². The maximum atomic E-state index is 10.6. The number of nitrogens with zero attached hydrogens (tertiary/aromatic N) is 2. The maximum Gasteiger partial charge on any atom is 0.269 e. The lowest BCUT2D eigenvalue weighted by Gasteiger charge is -2.02. The normalized spacial score (nSPS) is 10.4. The monoisotopic (exact) mass is 312 g/mol. The van der Waals surface area contributed by atoms with Crippen molar-refractivity contribution in [2.45, 2.75) is 6.61 Å². The lowest BCUT2D eigenvalue weighted by atomic mass is 10.1. The Bertz CT molecular complexity index is 770. The predicted molar refractivity (Wildman–Crippen MR) is 85.0 cm³/mol. The van der Waals surface area contributed by atoms with Crippen LogP contribution in [0.5, 0.6) is 5.75 Å². The number of benzene rings is 2. The summed E-state index contributed by atoms with van der Waals surface area (Å²) in [4.78, 5) is 14.7. The fourth-order valence-electron chi connectivity index (χ4n) is 1.93. The number of ether oxygens (including phenoxy) is 1. The molecule has 0 fully saturated rings. The molecule has 0 aliphatic rings. The Morgan fingerprint density at radius 1 is 1.09 bits per heavy atom. The summed E-state index contributed by atoms with van der Waals surface area (Å²) < 4.78 is 5.65. The average molecular weight is 312 g/mol. The second-order valence-electron chi connectivity index (χ2n) is 4.53. The molecule has 0 atom stereocenters. The van der Waals surface area contributed by atoms with Gasteiger partial charge in [-0.1, -0.05) is 18.2 Å². The van der Waals surface area contributed by atoms with Crippen molar-refractivity contribution in [1.82, 2.24) is 4.98 Å². The van der Waals surface area contributed by atoms with E-state index >= 15 is 0 Å². The number of rotatable bonds is 5. The van der Waals surface area contributed by atoms with Gasteiger partial charge >= 0.3 is 0 Å². The number of para-hydroxylation sites is 1. The Morgan fingerprint density at radius 3 is 2.50 bits per heavy atom. The summed E-state index contributed by atoms with van der Waals surface area (Å²) in [5.74, 6) is 0.801. The Kier molecular flexibility index (Phi) is 4.11. The highest BCUT2D eigenvalue weighted by molar-refractivity contribution is 7.09. The number of non-ortho nitro benzene ring substituents is 1. The summed E-state index contributed by atoms with van der Waals surface area (Å²) in [6, 6.07) is 15.9. The summed E-state index contributed by atoms with van der Waals surface area (Å²) >= 11 is 1.50. The minimum absolute atomic E-state index is 0.0756. The van der Waals surface area contributed by atoms with Crippen LogP contribution in [0.25, 0.3) is 11.3 Å². The number of hydrogen-bond donors (Lipinski definition) is 0. The molecule has 0 radical (unpaired) electrons. The minimum atomic E-state index is -0.413. The molecule has 0 saturated carbocycles. The molecule has 0 N–H and O–H groups in total. The summed E-state index contributed by atoms with van der Waals surface area (Å²) in [6.07, 6.45) is 0. The first-order valence-electron chi connectivity index (χ1n) is 6.59.